The van der Waals surface area contributed by atoms with E-state index in [0.29, 0.717) is 5.92 Å². The Hall–Kier alpha value is -2.86. The first-order valence-electron chi connectivity index (χ1n) is 10.4. The SMILES string of the molecule is C=C/C(=C\c1c(CC)ccc2c1ccc1cc3ccccc3cc12)C(C)CC. The molecule has 0 N–H and O–H groups in total. The Kier molecular flexibility index (Phi) is 5.05. The Morgan fingerprint density at radius 3 is 2.25 bits per heavy atom. The summed E-state index contributed by atoms with van der Waals surface area (Å²) in [5.41, 5.74) is 4.07. The molecule has 0 radical (unpaired) electrons. The van der Waals surface area contributed by atoms with Gasteiger partial charge in [-0.3, -0.25) is 0 Å². The highest BCUT2D eigenvalue weighted by molar-refractivity contribution is 6.14. The van der Waals surface area contributed by atoms with Crippen molar-refractivity contribution in [2.75, 3.05) is 0 Å². The summed E-state index contributed by atoms with van der Waals surface area (Å²) in [7, 11) is 0. The lowest BCUT2D eigenvalue weighted by Gasteiger charge is -2.15. The van der Waals surface area contributed by atoms with Gasteiger partial charge in [-0.2, -0.15) is 0 Å². The minimum atomic E-state index is 0.516. The number of allylic oxidation sites excluding steroid dienone is 2. The highest BCUT2D eigenvalue weighted by Gasteiger charge is 2.11. The number of benzene rings is 4. The smallest absolute Gasteiger partial charge is 0.00988 e. The third-order valence-corrected chi connectivity index (χ3v) is 6.12. The molecule has 0 spiro atoms. The van der Waals surface area contributed by atoms with Crippen molar-refractivity contribution in [2.24, 2.45) is 5.92 Å². The van der Waals surface area contributed by atoms with E-state index in [-0.39, 0.29) is 0 Å². The Morgan fingerprint density at radius 2 is 1.57 bits per heavy atom. The van der Waals surface area contributed by atoms with E-state index in [4.69, 9.17) is 0 Å². The molecule has 1 atom stereocenters. The Bertz CT molecular complexity index is 1210. The highest BCUT2D eigenvalue weighted by Crippen LogP contribution is 2.34. The molecule has 28 heavy (non-hydrogen) atoms. The fourth-order valence-corrected chi connectivity index (χ4v) is 4.18. The molecule has 4 rings (SSSR count). The summed E-state index contributed by atoms with van der Waals surface area (Å²) in [6, 6.07) is 22.5. The Morgan fingerprint density at radius 1 is 0.857 bits per heavy atom. The van der Waals surface area contributed by atoms with Crippen LogP contribution in [0.1, 0.15) is 38.3 Å². The fourth-order valence-electron chi connectivity index (χ4n) is 4.18. The van der Waals surface area contributed by atoms with Gasteiger partial charge in [0.15, 0.2) is 0 Å². The van der Waals surface area contributed by atoms with E-state index in [1.54, 1.807) is 0 Å². The average molecular weight is 365 g/mol. The van der Waals surface area contributed by atoms with Crippen LogP contribution in [-0.2, 0) is 6.42 Å². The number of aryl methyl sites for hydroxylation is 1. The van der Waals surface area contributed by atoms with Crippen LogP contribution in [-0.4, -0.2) is 0 Å². The molecule has 0 amide bonds. The van der Waals surface area contributed by atoms with Crippen LogP contribution in [0.4, 0.5) is 0 Å². The van der Waals surface area contributed by atoms with Crippen LogP contribution in [0.25, 0.3) is 38.4 Å². The fraction of sp³-hybridized carbons (Fsp3) is 0.214. The summed E-state index contributed by atoms with van der Waals surface area (Å²) in [6.07, 6.45) is 6.55. The van der Waals surface area contributed by atoms with Crippen molar-refractivity contribution in [3.05, 3.63) is 90.0 Å². The molecule has 0 saturated heterocycles. The van der Waals surface area contributed by atoms with E-state index in [9.17, 15) is 0 Å². The van der Waals surface area contributed by atoms with E-state index >= 15 is 0 Å². The summed E-state index contributed by atoms with van der Waals surface area (Å²) < 4.78 is 0. The van der Waals surface area contributed by atoms with Gasteiger partial charge in [0.25, 0.3) is 0 Å². The van der Waals surface area contributed by atoms with Crippen molar-refractivity contribution < 1.29 is 0 Å². The third kappa shape index (κ3) is 3.14. The molecule has 0 aliphatic carbocycles. The van der Waals surface area contributed by atoms with Crippen molar-refractivity contribution in [1.29, 1.82) is 0 Å². The molecule has 0 heterocycles. The van der Waals surface area contributed by atoms with Gasteiger partial charge < -0.3 is 0 Å². The molecule has 0 aliphatic rings. The molecule has 0 aliphatic heterocycles. The number of fused-ring (bicyclic) bond motifs is 4. The molecule has 0 heteroatoms. The first-order valence-corrected chi connectivity index (χ1v) is 10.4. The van der Waals surface area contributed by atoms with Gasteiger partial charge >= 0.3 is 0 Å². The molecule has 0 aromatic heterocycles. The second kappa shape index (κ2) is 7.64. The largest absolute Gasteiger partial charge is 0.0988 e. The summed E-state index contributed by atoms with van der Waals surface area (Å²) >= 11 is 0. The molecule has 140 valence electrons. The summed E-state index contributed by atoms with van der Waals surface area (Å²) in [5.74, 6) is 0.516. The summed E-state index contributed by atoms with van der Waals surface area (Å²) in [5, 5.41) is 7.90. The van der Waals surface area contributed by atoms with E-state index < -0.39 is 0 Å². The van der Waals surface area contributed by atoms with Gasteiger partial charge in [-0.25, -0.2) is 0 Å². The normalized spacial score (nSPS) is 13.3. The Labute approximate surface area is 168 Å². The van der Waals surface area contributed by atoms with Crippen molar-refractivity contribution >= 4 is 38.4 Å². The number of hydrogen-bond acceptors (Lipinski definition) is 0. The maximum atomic E-state index is 4.08. The second-order valence-corrected chi connectivity index (χ2v) is 7.73. The van der Waals surface area contributed by atoms with Gasteiger partial charge in [0, 0.05) is 0 Å². The number of rotatable bonds is 5. The van der Waals surface area contributed by atoms with Gasteiger partial charge in [0.2, 0.25) is 0 Å². The lowest BCUT2D eigenvalue weighted by atomic mass is 9.89. The van der Waals surface area contributed by atoms with E-state index in [1.807, 2.05) is 6.08 Å². The van der Waals surface area contributed by atoms with Crippen molar-refractivity contribution in [2.45, 2.75) is 33.6 Å². The number of hydrogen-bond donors (Lipinski definition) is 0. The summed E-state index contributed by atoms with van der Waals surface area (Å²) in [6.45, 7) is 10.8. The molecule has 0 saturated carbocycles. The highest BCUT2D eigenvalue weighted by atomic mass is 14.1. The molecule has 0 fully saturated rings. The third-order valence-electron chi connectivity index (χ3n) is 6.12. The summed E-state index contributed by atoms with van der Waals surface area (Å²) in [4.78, 5) is 0. The van der Waals surface area contributed by atoms with Crippen LogP contribution in [0.5, 0.6) is 0 Å². The molecule has 1 unspecified atom stereocenters. The van der Waals surface area contributed by atoms with Crippen LogP contribution in [0.15, 0.2) is 78.9 Å². The van der Waals surface area contributed by atoms with Gasteiger partial charge in [-0.15, -0.1) is 0 Å². The Balaban J connectivity index is 2.06. The van der Waals surface area contributed by atoms with Crippen molar-refractivity contribution in [3.8, 4) is 0 Å². The van der Waals surface area contributed by atoms with Crippen LogP contribution >= 0.6 is 0 Å². The van der Waals surface area contributed by atoms with Crippen molar-refractivity contribution in [1.82, 2.24) is 0 Å². The zero-order chi connectivity index (χ0) is 19.7. The average Bonchev–Trinajstić information content (AvgIpc) is 2.75. The topological polar surface area (TPSA) is 0 Å². The van der Waals surface area contributed by atoms with Gasteiger partial charge in [0.05, 0.1) is 0 Å². The monoisotopic (exact) mass is 364 g/mol. The first-order chi connectivity index (χ1) is 13.7. The van der Waals surface area contributed by atoms with Gasteiger partial charge in [0.1, 0.15) is 0 Å². The van der Waals surface area contributed by atoms with E-state index in [2.05, 4.69) is 94.1 Å². The maximum absolute atomic E-state index is 4.08. The van der Waals surface area contributed by atoms with Crippen LogP contribution in [0, 0.1) is 5.92 Å². The van der Waals surface area contributed by atoms with Crippen LogP contribution in [0.2, 0.25) is 0 Å². The van der Waals surface area contributed by atoms with Gasteiger partial charge in [-0.05, 0) is 79.9 Å². The standard InChI is InChI=1S/C28H28/c1-5-19(4)21(7-3)17-27-20(6-2)12-14-26-25(27)15-13-24-16-22-10-8-9-11-23(22)18-28(24)26/h7-19H,3,5-6H2,1-2,4H3/b21-17+. The van der Waals surface area contributed by atoms with Gasteiger partial charge in [-0.1, -0.05) is 88.0 Å². The molecule has 4 aromatic rings. The first kappa shape index (κ1) is 18.5. The van der Waals surface area contributed by atoms with E-state index in [1.165, 1.54) is 49.0 Å². The molecule has 0 bridgehead atoms. The lowest BCUT2D eigenvalue weighted by molar-refractivity contribution is 0.674. The molecular formula is C28H28. The molecular weight excluding hydrogens is 336 g/mol. The second-order valence-electron chi connectivity index (χ2n) is 7.73. The zero-order valence-corrected chi connectivity index (χ0v) is 17.1. The van der Waals surface area contributed by atoms with Crippen molar-refractivity contribution in [3.63, 3.8) is 0 Å². The minimum absolute atomic E-state index is 0.516. The minimum Gasteiger partial charge on any atom is -0.0988 e. The van der Waals surface area contributed by atoms with Crippen LogP contribution < -0.4 is 0 Å². The quantitative estimate of drug-likeness (QED) is 0.190. The zero-order valence-electron chi connectivity index (χ0n) is 17.1. The van der Waals surface area contributed by atoms with Crippen LogP contribution in [0.3, 0.4) is 0 Å². The predicted molar refractivity (Wildman–Crippen MR) is 126 cm³/mol. The maximum Gasteiger partial charge on any atom is -0.00988 e. The molecule has 0 nitrogen and oxygen atoms in total. The predicted octanol–water partition coefficient (Wildman–Crippen LogP) is 8.32. The lowest BCUT2D eigenvalue weighted by Crippen LogP contribution is -1.97. The molecule has 4 aromatic carbocycles. The van der Waals surface area contributed by atoms with E-state index in [0.717, 1.165) is 12.8 Å².